The third kappa shape index (κ3) is 2.14. The molecule has 0 amide bonds. The summed E-state index contributed by atoms with van der Waals surface area (Å²) in [6.07, 6.45) is 1.18. The van der Waals surface area contributed by atoms with Crippen LogP contribution in [-0.4, -0.2) is 34.6 Å². The number of hydrogen-bond acceptors (Lipinski definition) is 2. The van der Waals surface area contributed by atoms with E-state index < -0.39 is 0 Å². The number of rotatable bonds is 2. The Morgan fingerprint density at radius 1 is 1.50 bits per heavy atom. The van der Waals surface area contributed by atoms with Gasteiger partial charge in [0.1, 0.15) is 5.82 Å². The van der Waals surface area contributed by atoms with Gasteiger partial charge in [0.2, 0.25) is 0 Å². The van der Waals surface area contributed by atoms with Crippen LogP contribution in [0, 0.1) is 3.57 Å². The maximum Gasteiger partial charge on any atom is 0.125 e. The van der Waals surface area contributed by atoms with E-state index in [0.29, 0.717) is 11.9 Å². The van der Waals surface area contributed by atoms with Gasteiger partial charge >= 0.3 is 0 Å². The minimum absolute atomic E-state index is 0.478. The van der Waals surface area contributed by atoms with E-state index in [1.54, 1.807) is 0 Å². The topological polar surface area (TPSA) is 21.1 Å². The summed E-state index contributed by atoms with van der Waals surface area (Å²) in [6.45, 7) is 2.23. The zero-order chi connectivity index (χ0) is 12.7. The lowest BCUT2D eigenvalue weighted by Crippen LogP contribution is -2.17. The molecule has 0 spiro atoms. The predicted molar refractivity (Wildman–Crippen MR) is 83.2 cm³/mol. The van der Waals surface area contributed by atoms with Crippen molar-refractivity contribution < 1.29 is 0 Å². The van der Waals surface area contributed by atoms with Gasteiger partial charge in [0.15, 0.2) is 0 Å². The second-order valence-corrected chi connectivity index (χ2v) is 6.38. The molecule has 1 fully saturated rings. The van der Waals surface area contributed by atoms with Crippen LogP contribution in [0.3, 0.4) is 0 Å². The van der Waals surface area contributed by atoms with Crippen molar-refractivity contribution >= 4 is 45.2 Å². The van der Waals surface area contributed by atoms with Crippen molar-refractivity contribution in [2.75, 3.05) is 20.1 Å². The molecule has 3 nitrogen and oxygen atoms in total. The summed E-state index contributed by atoms with van der Waals surface area (Å²) in [4.78, 5) is 7.03. The maximum atomic E-state index is 6.06. The molecular weight excluding hydrogens is 361 g/mol. The SMILES string of the molecule is CN1CCC(n2c(CCl)nc3cc(I)ccc32)C1. The number of nitrogens with zero attached hydrogens (tertiary/aromatic N) is 3. The summed E-state index contributed by atoms with van der Waals surface area (Å²) in [5, 5.41) is 0. The van der Waals surface area contributed by atoms with Crippen LogP contribution in [0.4, 0.5) is 0 Å². The number of hydrogen-bond donors (Lipinski definition) is 0. The summed E-state index contributed by atoms with van der Waals surface area (Å²) < 4.78 is 3.55. The van der Waals surface area contributed by atoms with Gasteiger partial charge in [0, 0.05) is 16.2 Å². The monoisotopic (exact) mass is 375 g/mol. The molecule has 3 rings (SSSR count). The van der Waals surface area contributed by atoms with E-state index in [0.717, 1.165) is 24.4 Å². The smallest absolute Gasteiger partial charge is 0.125 e. The molecule has 0 bridgehead atoms. The average Bonchev–Trinajstić information content (AvgIpc) is 2.91. The summed E-state index contributed by atoms with van der Waals surface area (Å²) in [6, 6.07) is 6.94. The second kappa shape index (κ2) is 4.98. The largest absolute Gasteiger partial charge is 0.322 e. The lowest BCUT2D eigenvalue weighted by Gasteiger charge is -2.16. The van der Waals surface area contributed by atoms with Crippen molar-refractivity contribution in [3.8, 4) is 0 Å². The predicted octanol–water partition coefficient (Wildman–Crippen LogP) is 3.26. The molecule has 1 aliphatic heterocycles. The highest BCUT2D eigenvalue weighted by Gasteiger charge is 2.25. The zero-order valence-corrected chi connectivity index (χ0v) is 13.1. The van der Waals surface area contributed by atoms with Crippen molar-refractivity contribution in [1.29, 1.82) is 0 Å². The first-order valence-corrected chi connectivity index (χ1v) is 7.71. The number of aromatic nitrogens is 2. The molecule has 1 aromatic carbocycles. The molecule has 0 aliphatic carbocycles. The first-order chi connectivity index (χ1) is 8.69. The van der Waals surface area contributed by atoms with Crippen LogP contribution in [0.1, 0.15) is 18.3 Å². The Hall–Kier alpha value is -0.330. The van der Waals surface area contributed by atoms with E-state index in [9.17, 15) is 0 Å². The van der Waals surface area contributed by atoms with Crippen molar-refractivity contribution in [1.82, 2.24) is 14.5 Å². The van der Waals surface area contributed by atoms with Gasteiger partial charge in [-0.25, -0.2) is 4.98 Å². The minimum Gasteiger partial charge on any atom is -0.322 e. The van der Waals surface area contributed by atoms with E-state index in [2.05, 4.69) is 62.3 Å². The lowest BCUT2D eigenvalue weighted by atomic mass is 10.2. The van der Waals surface area contributed by atoms with Crippen LogP contribution in [-0.2, 0) is 5.88 Å². The van der Waals surface area contributed by atoms with Crippen molar-refractivity contribution in [2.24, 2.45) is 0 Å². The van der Waals surface area contributed by atoms with Crippen LogP contribution in [0.5, 0.6) is 0 Å². The standard InChI is InChI=1S/C13H15ClIN3/c1-17-5-4-10(8-17)18-12-3-2-9(15)6-11(12)16-13(18)7-14/h2-3,6,10H,4-5,7-8H2,1H3. The molecule has 1 saturated heterocycles. The fraction of sp³-hybridized carbons (Fsp3) is 0.462. The number of likely N-dealkylation sites (tertiary alicyclic amines) is 1. The van der Waals surface area contributed by atoms with Gasteiger partial charge in [0.05, 0.1) is 16.9 Å². The molecule has 2 aromatic rings. The summed E-state index contributed by atoms with van der Waals surface area (Å²) >= 11 is 8.38. The van der Waals surface area contributed by atoms with Gasteiger partial charge in [-0.3, -0.25) is 0 Å². The fourth-order valence-electron chi connectivity index (χ4n) is 2.75. The molecule has 96 valence electrons. The quantitative estimate of drug-likeness (QED) is 0.593. The number of benzene rings is 1. The number of halogens is 2. The maximum absolute atomic E-state index is 6.06. The first-order valence-electron chi connectivity index (χ1n) is 6.10. The highest BCUT2D eigenvalue weighted by atomic mass is 127. The van der Waals surface area contributed by atoms with Gasteiger partial charge in [-0.15, -0.1) is 11.6 Å². The van der Waals surface area contributed by atoms with Gasteiger partial charge < -0.3 is 9.47 Å². The van der Waals surface area contributed by atoms with Crippen LogP contribution in [0.15, 0.2) is 18.2 Å². The Bertz CT molecular complexity index is 581. The Kier molecular flexibility index (Phi) is 3.51. The molecule has 5 heteroatoms. The van der Waals surface area contributed by atoms with Crippen LogP contribution < -0.4 is 0 Å². The van der Waals surface area contributed by atoms with Crippen LogP contribution in [0.25, 0.3) is 11.0 Å². The highest BCUT2D eigenvalue weighted by molar-refractivity contribution is 14.1. The van der Waals surface area contributed by atoms with E-state index in [-0.39, 0.29) is 0 Å². The van der Waals surface area contributed by atoms with Crippen molar-refractivity contribution in [3.05, 3.63) is 27.6 Å². The number of likely N-dealkylation sites (N-methyl/N-ethyl adjacent to an activating group) is 1. The summed E-state index contributed by atoms with van der Waals surface area (Å²) in [5.74, 6) is 1.47. The Balaban J connectivity index is 2.13. The third-order valence-electron chi connectivity index (χ3n) is 3.58. The fourth-order valence-corrected chi connectivity index (χ4v) is 3.41. The lowest BCUT2D eigenvalue weighted by molar-refractivity contribution is 0.393. The van der Waals surface area contributed by atoms with E-state index in [1.807, 2.05) is 0 Å². The molecule has 1 aromatic heterocycles. The van der Waals surface area contributed by atoms with Crippen LogP contribution in [0.2, 0.25) is 0 Å². The minimum atomic E-state index is 0.478. The first kappa shape index (κ1) is 12.7. The molecule has 1 unspecified atom stereocenters. The summed E-state index contributed by atoms with van der Waals surface area (Å²) in [5.41, 5.74) is 2.28. The molecule has 1 atom stereocenters. The van der Waals surface area contributed by atoms with Gasteiger partial charge in [-0.2, -0.15) is 0 Å². The van der Waals surface area contributed by atoms with E-state index >= 15 is 0 Å². The number of alkyl halides is 1. The normalized spacial score (nSPS) is 20.9. The molecular formula is C13H15ClIN3. The Labute approximate surface area is 125 Å². The molecule has 2 heterocycles. The van der Waals surface area contributed by atoms with Crippen molar-refractivity contribution in [3.63, 3.8) is 0 Å². The zero-order valence-electron chi connectivity index (χ0n) is 10.2. The molecule has 0 radical (unpaired) electrons. The van der Waals surface area contributed by atoms with E-state index in [1.165, 1.54) is 15.5 Å². The third-order valence-corrected chi connectivity index (χ3v) is 4.49. The second-order valence-electron chi connectivity index (χ2n) is 4.87. The Morgan fingerprint density at radius 2 is 2.33 bits per heavy atom. The highest BCUT2D eigenvalue weighted by Crippen LogP contribution is 2.28. The van der Waals surface area contributed by atoms with Gasteiger partial charge in [-0.1, -0.05) is 0 Å². The number of fused-ring (bicyclic) bond motifs is 1. The molecule has 18 heavy (non-hydrogen) atoms. The number of imidazole rings is 1. The van der Waals surface area contributed by atoms with E-state index in [4.69, 9.17) is 11.6 Å². The average molecular weight is 376 g/mol. The van der Waals surface area contributed by atoms with Crippen LogP contribution >= 0.6 is 34.2 Å². The molecule has 1 aliphatic rings. The van der Waals surface area contributed by atoms with Gasteiger partial charge in [0.25, 0.3) is 0 Å². The molecule has 0 saturated carbocycles. The van der Waals surface area contributed by atoms with Gasteiger partial charge in [-0.05, 0) is 60.8 Å². The van der Waals surface area contributed by atoms with Crippen molar-refractivity contribution in [2.45, 2.75) is 18.3 Å². The summed E-state index contributed by atoms with van der Waals surface area (Å²) in [7, 11) is 2.17. The Morgan fingerprint density at radius 3 is 3.00 bits per heavy atom. The molecule has 0 N–H and O–H groups in total.